The van der Waals surface area contributed by atoms with Crippen LogP contribution in [-0.4, -0.2) is 47.0 Å². The van der Waals surface area contributed by atoms with E-state index in [-0.39, 0.29) is 6.61 Å². The molecule has 0 radical (unpaired) electrons. The molecule has 5 heteroatoms. The summed E-state index contributed by atoms with van der Waals surface area (Å²) in [5.74, 6) is -0.863. The van der Waals surface area contributed by atoms with E-state index in [4.69, 9.17) is 15.1 Å². The third kappa shape index (κ3) is 2.65. The van der Waals surface area contributed by atoms with Crippen molar-refractivity contribution < 1.29 is 19.8 Å². The standard InChI is InChI=1S/C8H15NO4/c1-8(2,7(11)12)5-9-3-6(10)4-13-9/h6,10H,3-5H2,1-2H3,(H,11,12)/t6-/m1/s1. The van der Waals surface area contributed by atoms with Crippen LogP contribution in [0.1, 0.15) is 13.8 Å². The van der Waals surface area contributed by atoms with Crippen molar-refractivity contribution in [3.8, 4) is 0 Å². The van der Waals surface area contributed by atoms with E-state index in [9.17, 15) is 4.79 Å². The molecule has 1 fully saturated rings. The lowest BCUT2D eigenvalue weighted by Crippen LogP contribution is -2.37. The first-order valence-electron chi connectivity index (χ1n) is 4.21. The van der Waals surface area contributed by atoms with Crippen LogP contribution in [0.15, 0.2) is 0 Å². The molecule has 0 aliphatic carbocycles. The highest BCUT2D eigenvalue weighted by Gasteiger charge is 2.33. The van der Waals surface area contributed by atoms with Crippen molar-refractivity contribution in [1.29, 1.82) is 0 Å². The zero-order valence-electron chi connectivity index (χ0n) is 7.86. The highest BCUT2D eigenvalue weighted by Crippen LogP contribution is 2.19. The monoisotopic (exact) mass is 189 g/mol. The van der Waals surface area contributed by atoms with E-state index in [1.807, 2.05) is 0 Å². The first kappa shape index (κ1) is 10.4. The fourth-order valence-electron chi connectivity index (χ4n) is 1.15. The predicted molar refractivity (Wildman–Crippen MR) is 44.9 cm³/mol. The van der Waals surface area contributed by atoms with Crippen LogP contribution in [0.4, 0.5) is 0 Å². The Morgan fingerprint density at radius 1 is 1.69 bits per heavy atom. The number of aliphatic carboxylic acids is 1. The van der Waals surface area contributed by atoms with Gasteiger partial charge in [0.05, 0.1) is 24.7 Å². The summed E-state index contributed by atoms with van der Waals surface area (Å²) in [4.78, 5) is 15.8. The summed E-state index contributed by atoms with van der Waals surface area (Å²) in [6, 6.07) is 0. The topological polar surface area (TPSA) is 70.0 Å². The van der Waals surface area contributed by atoms with E-state index in [2.05, 4.69) is 0 Å². The second-order valence-corrected chi connectivity index (χ2v) is 3.96. The van der Waals surface area contributed by atoms with Gasteiger partial charge in [-0.15, -0.1) is 0 Å². The fourth-order valence-corrected chi connectivity index (χ4v) is 1.15. The molecule has 0 spiro atoms. The molecule has 0 bridgehead atoms. The summed E-state index contributed by atoms with van der Waals surface area (Å²) >= 11 is 0. The zero-order valence-corrected chi connectivity index (χ0v) is 7.86. The first-order chi connectivity index (χ1) is 5.92. The minimum absolute atomic E-state index is 0.260. The van der Waals surface area contributed by atoms with Gasteiger partial charge in [0.1, 0.15) is 0 Å². The van der Waals surface area contributed by atoms with Crippen molar-refractivity contribution in [2.75, 3.05) is 19.7 Å². The molecule has 1 aliphatic heterocycles. The third-order valence-electron chi connectivity index (χ3n) is 2.01. The Bertz CT molecular complexity index is 204. The van der Waals surface area contributed by atoms with E-state index in [0.29, 0.717) is 13.1 Å². The molecule has 0 amide bonds. The van der Waals surface area contributed by atoms with Crippen LogP contribution in [0.3, 0.4) is 0 Å². The number of nitrogens with zero attached hydrogens (tertiary/aromatic N) is 1. The highest BCUT2D eigenvalue weighted by atomic mass is 16.7. The molecule has 1 atom stereocenters. The molecule has 1 rings (SSSR count). The van der Waals surface area contributed by atoms with Gasteiger partial charge in [0.2, 0.25) is 0 Å². The van der Waals surface area contributed by atoms with Crippen LogP contribution in [-0.2, 0) is 9.63 Å². The maximum Gasteiger partial charge on any atom is 0.310 e. The molecule has 0 aromatic carbocycles. The van der Waals surface area contributed by atoms with Crippen LogP contribution < -0.4 is 0 Å². The summed E-state index contributed by atoms with van der Waals surface area (Å²) < 4.78 is 0. The van der Waals surface area contributed by atoms with Crippen molar-refractivity contribution in [3.63, 3.8) is 0 Å². The van der Waals surface area contributed by atoms with Gasteiger partial charge in [-0.2, -0.15) is 5.06 Å². The molecular formula is C8H15NO4. The molecule has 0 unspecified atom stereocenters. The van der Waals surface area contributed by atoms with Crippen LogP contribution in [0, 0.1) is 5.41 Å². The molecular weight excluding hydrogens is 174 g/mol. The van der Waals surface area contributed by atoms with Gasteiger partial charge in [0.15, 0.2) is 0 Å². The Morgan fingerprint density at radius 2 is 2.31 bits per heavy atom. The number of β-amino-alcohol motifs (C(OH)–C–C–N with tert-alkyl or cyclic N) is 1. The lowest BCUT2D eigenvalue weighted by Gasteiger charge is -2.24. The molecule has 0 saturated carbocycles. The molecule has 0 aromatic rings. The van der Waals surface area contributed by atoms with Gasteiger partial charge < -0.3 is 10.2 Å². The largest absolute Gasteiger partial charge is 0.481 e. The highest BCUT2D eigenvalue weighted by molar-refractivity contribution is 5.73. The van der Waals surface area contributed by atoms with E-state index >= 15 is 0 Å². The number of hydroxylamine groups is 2. The summed E-state index contributed by atoms with van der Waals surface area (Å²) in [6.45, 7) is 4.19. The van der Waals surface area contributed by atoms with Crippen molar-refractivity contribution >= 4 is 5.97 Å². The molecule has 76 valence electrons. The normalized spacial score (nSPS) is 25.0. The molecule has 5 nitrogen and oxygen atoms in total. The SMILES string of the molecule is CC(C)(CN1C[C@@H](O)CO1)C(=O)O. The number of hydrogen-bond acceptors (Lipinski definition) is 4. The van der Waals surface area contributed by atoms with Crippen LogP contribution in [0.25, 0.3) is 0 Å². The van der Waals surface area contributed by atoms with Gasteiger partial charge in [-0.1, -0.05) is 0 Å². The van der Waals surface area contributed by atoms with E-state index in [1.165, 1.54) is 5.06 Å². The number of hydrogen-bond donors (Lipinski definition) is 2. The van der Waals surface area contributed by atoms with Crippen molar-refractivity contribution in [2.45, 2.75) is 20.0 Å². The lowest BCUT2D eigenvalue weighted by molar-refractivity contribution is -0.162. The van der Waals surface area contributed by atoms with Gasteiger partial charge in [-0.3, -0.25) is 9.63 Å². The summed E-state index contributed by atoms with van der Waals surface area (Å²) in [6.07, 6.45) is -0.496. The minimum atomic E-state index is -0.863. The zero-order chi connectivity index (χ0) is 10.1. The molecule has 1 heterocycles. The van der Waals surface area contributed by atoms with Crippen molar-refractivity contribution in [2.24, 2.45) is 5.41 Å². The van der Waals surface area contributed by atoms with Crippen LogP contribution in [0.2, 0.25) is 0 Å². The number of carbonyl (C=O) groups is 1. The van der Waals surface area contributed by atoms with Crippen molar-refractivity contribution in [3.05, 3.63) is 0 Å². The molecule has 1 saturated heterocycles. The second kappa shape index (κ2) is 3.61. The Hall–Kier alpha value is -0.650. The molecule has 2 N–H and O–H groups in total. The summed E-state index contributed by atoms with van der Waals surface area (Å²) in [5, 5.41) is 19.4. The van der Waals surface area contributed by atoms with Gasteiger partial charge in [-0.05, 0) is 13.8 Å². The van der Waals surface area contributed by atoms with E-state index in [0.717, 1.165) is 0 Å². The Labute approximate surface area is 76.9 Å². The maximum atomic E-state index is 10.7. The first-order valence-corrected chi connectivity index (χ1v) is 4.21. The van der Waals surface area contributed by atoms with Crippen molar-refractivity contribution in [1.82, 2.24) is 5.06 Å². The second-order valence-electron chi connectivity index (χ2n) is 3.96. The third-order valence-corrected chi connectivity index (χ3v) is 2.01. The van der Waals surface area contributed by atoms with E-state index < -0.39 is 17.5 Å². The fraction of sp³-hybridized carbons (Fsp3) is 0.875. The van der Waals surface area contributed by atoms with Crippen LogP contribution in [0.5, 0.6) is 0 Å². The molecule has 1 aliphatic rings. The minimum Gasteiger partial charge on any atom is -0.481 e. The predicted octanol–water partition coefficient (Wildman–Crippen LogP) is -0.295. The Kier molecular flexibility index (Phi) is 2.90. The van der Waals surface area contributed by atoms with Crippen LogP contribution >= 0.6 is 0 Å². The maximum absolute atomic E-state index is 10.7. The van der Waals surface area contributed by atoms with Gasteiger partial charge >= 0.3 is 5.97 Å². The number of rotatable bonds is 3. The Morgan fingerprint density at radius 3 is 2.69 bits per heavy atom. The number of carboxylic acids is 1. The summed E-state index contributed by atoms with van der Waals surface area (Å²) in [5.41, 5.74) is -0.843. The van der Waals surface area contributed by atoms with Gasteiger partial charge in [0.25, 0.3) is 0 Å². The number of aliphatic hydroxyl groups excluding tert-OH is 1. The molecule has 13 heavy (non-hydrogen) atoms. The van der Waals surface area contributed by atoms with E-state index in [1.54, 1.807) is 13.8 Å². The van der Waals surface area contributed by atoms with Gasteiger partial charge in [0, 0.05) is 6.54 Å². The smallest absolute Gasteiger partial charge is 0.310 e. The number of aliphatic hydroxyl groups is 1. The average Bonchev–Trinajstić information content (AvgIpc) is 2.34. The lowest BCUT2D eigenvalue weighted by atomic mass is 9.94. The Balaban J connectivity index is 2.44. The summed E-state index contributed by atoms with van der Waals surface area (Å²) in [7, 11) is 0. The average molecular weight is 189 g/mol. The number of carboxylic acid groups (broad SMARTS) is 1. The quantitative estimate of drug-likeness (QED) is 0.638. The van der Waals surface area contributed by atoms with Gasteiger partial charge in [-0.25, -0.2) is 0 Å². The molecule has 0 aromatic heterocycles.